The van der Waals surface area contributed by atoms with Crippen LogP contribution in [0.15, 0.2) is 22.7 Å². The number of carboxylic acid groups (broad SMARTS) is 1. The van der Waals surface area contributed by atoms with E-state index in [9.17, 15) is 14.3 Å². The van der Waals surface area contributed by atoms with Crippen LogP contribution in [0, 0.1) is 5.82 Å². The summed E-state index contributed by atoms with van der Waals surface area (Å²) in [6.07, 6.45) is -1.62. The molecular formula is C9H8BrFO3. The van der Waals surface area contributed by atoms with Gasteiger partial charge in [0, 0.05) is 4.47 Å². The van der Waals surface area contributed by atoms with Gasteiger partial charge in [0.1, 0.15) is 5.82 Å². The molecule has 0 bridgehead atoms. The first-order chi connectivity index (χ1) is 6.49. The summed E-state index contributed by atoms with van der Waals surface area (Å²) >= 11 is 3.05. The fraction of sp³-hybridized carbons (Fsp3) is 0.222. The third kappa shape index (κ3) is 3.08. The van der Waals surface area contributed by atoms with Crippen LogP contribution in [0.25, 0.3) is 0 Å². The zero-order valence-corrected chi connectivity index (χ0v) is 8.66. The Labute approximate surface area is 88.3 Å². The molecule has 1 aromatic carbocycles. The molecule has 76 valence electrons. The first kappa shape index (κ1) is 11.1. The quantitative estimate of drug-likeness (QED) is 0.877. The van der Waals surface area contributed by atoms with E-state index >= 15 is 0 Å². The molecule has 0 fully saturated rings. The van der Waals surface area contributed by atoms with E-state index in [4.69, 9.17) is 5.11 Å². The van der Waals surface area contributed by atoms with Crippen LogP contribution in [-0.2, 0) is 4.79 Å². The van der Waals surface area contributed by atoms with Crippen molar-refractivity contribution in [3.8, 4) is 0 Å². The maximum atomic E-state index is 12.8. The molecule has 0 aromatic heterocycles. The van der Waals surface area contributed by atoms with Gasteiger partial charge in [0.2, 0.25) is 0 Å². The Kier molecular flexibility index (Phi) is 3.60. The minimum atomic E-state index is -1.18. The first-order valence-corrected chi connectivity index (χ1v) is 4.64. The largest absolute Gasteiger partial charge is 0.481 e. The van der Waals surface area contributed by atoms with Gasteiger partial charge in [-0.15, -0.1) is 0 Å². The molecule has 0 radical (unpaired) electrons. The van der Waals surface area contributed by atoms with E-state index in [0.29, 0.717) is 4.47 Å². The lowest BCUT2D eigenvalue weighted by Gasteiger charge is -2.08. The monoisotopic (exact) mass is 262 g/mol. The van der Waals surface area contributed by atoms with Gasteiger partial charge in [-0.05, 0) is 23.8 Å². The molecule has 0 unspecified atom stereocenters. The van der Waals surface area contributed by atoms with Gasteiger partial charge in [-0.3, -0.25) is 4.79 Å². The maximum absolute atomic E-state index is 12.8. The van der Waals surface area contributed by atoms with Crippen LogP contribution < -0.4 is 0 Å². The molecular weight excluding hydrogens is 255 g/mol. The molecule has 0 amide bonds. The van der Waals surface area contributed by atoms with Gasteiger partial charge in [-0.1, -0.05) is 15.9 Å². The molecule has 5 heteroatoms. The van der Waals surface area contributed by atoms with Gasteiger partial charge >= 0.3 is 5.97 Å². The van der Waals surface area contributed by atoms with Crippen molar-refractivity contribution in [2.75, 3.05) is 0 Å². The highest BCUT2D eigenvalue weighted by Crippen LogP contribution is 2.22. The number of aliphatic hydroxyl groups excluding tert-OH is 1. The minimum Gasteiger partial charge on any atom is -0.481 e. The van der Waals surface area contributed by atoms with E-state index in [1.54, 1.807) is 0 Å². The fourth-order valence-corrected chi connectivity index (χ4v) is 1.53. The highest BCUT2D eigenvalue weighted by atomic mass is 79.9. The fourth-order valence-electron chi connectivity index (χ4n) is 1.05. The van der Waals surface area contributed by atoms with Crippen molar-refractivity contribution in [1.82, 2.24) is 0 Å². The molecule has 1 atom stereocenters. The van der Waals surface area contributed by atoms with Gasteiger partial charge in [-0.2, -0.15) is 0 Å². The van der Waals surface area contributed by atoms with Crippen LogP contribution in [0.1, 0.15) is 18.1 Å². The Hall–Kier alpha value is -0.940. The van der Waals surface area contributed by atoms with Gasteiger partial charge in [-0.25, -0.2) is 4.39 Å². The summed E-state index contributed by atoms with van der Waals surface area (Å²) in [6, 6.07) is 3.83. The summed E-state index contributed by atoms with van der Waals surface area (Å²) in [4.78, 5) is 10.3. The van der Waals surface area contributed by atoms with Crippen LogP contribution >= 0.6 is 15.9 Å². The van der Waals surface area contributed by atoms with Gasteiger partial charge in [0.15, 0.2) is 0 Å². The number of aliphatic carboxylic acids is 1. The van der Waals surface area contributed by atoms with E-state index in [-0.39, 0.29) is 5.56 Å². The SMILES string of the molecule is O=C(O)C[C@@H](O)c1cc(F)cc(Br)c1. The predicted molar refractivity (Wildman–Crippen MR) is 51.3 cm³/mol. The van der Waals surface area contributed by atoms with Crippen LogP contribution in [0.3, 0.4) is 0 Å². The van der Waals surface area contributed by atoms with Crippen molar-refractivity contribution in [2.45, 2.75) is 12.5 Å². The molecule has 0 aliphatic rings. The van der Waals surface area contributed by atoms with Crippen LogP contribution in [0.4, 0.5) is 4.39 Å². The van der Waals surface area contributed by atoms with E-state index < -0.39 is 24.3 Å². The number of aliphatic hydroxyl groups is 1. The lowest BCUT2D eigenvalue weighted by atomic mass is 10.1. The number of carbonyl (C=O) groups is 1. The molecule has 0 spiro atoms. The molecule has 1 rings (SSSR count). The van der Waals surface area contributed by atoms with Crippen molar-refractivity contribution in [1.29, 1.82) is 0 Å². The zero-order valence-electron chi connectivity index (χ0n) is 7.08. The van der Waals surface area contributed by atoms with Crippen molar-refractivity contribution in [2.24, 2.45) is 0 Å². The number of hydrogen-bond acceptors (Lipinski definition) is 2. The topological polar surface area (TPSA) is 57.5 Å². The maximum Gasteiger partial charge on any atom is 0.306 e. The summed E-state index contributed by atoms with van der Waals surface area (Å²) in [6.45, 7) is 0. The molecule has 0 saturated carbocycles. The highest BCUT2D eigenvalue weighted by molar-refractivity contribution is 9.10. The highest BCUT2D eigenvalue weighted by Gasteiger charge is 2.13. The summed E-state index contributed by atoms with van der Waals surface area (Å²) in [7, 11) is 0. The van der Waals surface area contributed by atoms with Crippen LogP contribution in [0.5, 0.6) is 0 Å². The van der Waals surface area contributed by atoms with Crippen molar-refractivity contribution in [3.05, 3.63) is 34.1 Å². The number of carboxylic acids is 1. The van der Waals surface area contributed by atoms with Crippen molar-refractivity contribution >= 4 is 21.9 Å². The molecule has 0 saturated heterocycles. The Morgan fingerprint density at radius 2 is 2.14 bits per heavy atom. The third-order valence-electron chi connectivity index (χ3n) is 1.64. The average molecular weight is 263 g/mol. The van der Waals surface area contributed by atoms with Crippen LogP contribution in [-0.4, -0.2) is 16.2 Å². The third-order valence-corrected chi connectivity index (χ3v) is 2.10. The number of halogens is 2. The molecule has 0 heterocycles. The molecule has 1 aromatic rings. The zero-order chi connectivity index (χ0) is 10.7. The number of benzene rings is 1. The second kappa shape index (κ2) is 4.52. The van der Waals surface area contributed by atoms with Gasteiger partial charge in [0.25, 0.3) is 0 Å². The summed E-state index contributed by atoms with van der Waals surface area (Å²) < 4.78 is 13.3. The summed E-state index contributed by atoms with van der Waals surface area (Å²) in [5.41, 5.74) is 0.249. The van der Waals surface area contributed by atoms with Gasteiger partial charge < -0.3 is 10.2 Å². The smallest absolute Gasteiger partial charge is 0.306 e. The second-order valence-electron chi connectivity index (χ2n) is 2.82. The average Bonchev–Trinajstić information content (AvgIpc) is 2.00. The Balaban J connectivity index is 2.89. The molecule has 0 aliphatic carbocycles. The Morgan fingerprint density at radius 3 is 2.64 bits per heavy atom. The van der Waals surface area contributed by atoms with E-state index in [2.05, 4.69) is 15.9 Å². The molecule has 0 aliphatic heterocycles. The minimum absolute atomic E-state index is 0.249. The molecule has 14 heavy (non-hydrogen) atoms. The second-order valence-corrected chi connectivity index (χ2v) is 3.73. The lowest BCUT2D eigenvalue weighted by Crippen LogP contribution is -2.05. The van der Waals surface area contributed by atoms with Crippen LogP contribution in [0.2, 0.25) is 0 Å². The lowest BCUT2D eigenvalue weighted by molar-refractivity contribution is -0.139. The number of hydrogen-bond donors (Lipinski definition) is 2. The van der Waals surface area contributed by atoms with E-state index in [1.807, 2.05) is 0 Å². The van der Waals surface area contributed by atoms with Crippen molar-refractivity contribution < 1.29 is 19.4 Å². The first-order valence-electron chi connectivity index (χ1n) is 3.85. The Bertz CT molecular complexity index is 334. The Morgan fingerprint density at radius 1 is 1.50 bits per heavy atom. The number of rotatable bonds is 3. The summed E-state index contributed by atoms with van der Waals surface area (Å²) in [5, 5.41) is 17.8. The van der Waals surface area contributed by atoms with E-state index in [0.717, 1.165) is 6.07 Å². The molecule has 2 N–H and O–H groups in total. The van der Waals surface area contributed by atoms with Gasteiger partial charge in [0.05, 0.1) is 12.5 Å². The predicted octanol–water partition coefficient (Wildman–Crippen LogP) is 2.10. The van der Waals surface area contributed by atoms with E-state index in [1.165, 1.54) is 12.1 Å². The summed E-state index contributed by atoms with van der Waals surface area (Å²) in [5.74, 6) is -1.64. The van der Waals surface area contributed by atoms with Crippen molar-refractivity contribution in [3.63, 3.8) is 0 Å². The standard InChI is InChI=1S/C9H8BrFO3/c10-6-1-5(2-7(11)3-6)8(12)4-9(13)14/h1-3,8,12H,4H2,(H,13,14)/t8-/m1/s1. The normalized spacial score (nSPS) is 12.5. The molecule has 3 nitrogen and oxygen atoms in total.